The Morgan fingerprint density at radius 1 is 0.623 bits per heavy atom. The monoisotopic (exact) mass is 804 g/mol. The average molecular weight is 805 g/mol. The maximum Gasteiger partial charge on any atom is 0.295 e. The van der Waals surface area contributed by atoms with E-state index in [0.717, 1.165) is 12.0 Å². The van der Waals surface area contributed by atoms with Crippen LogP contribution in [0.4, 0.5) is 0 Å². The maximum absolute atomic E-state index is 13.3. The van der Waals surface area contributed by atoms with Gasteiger partial charge in [-0.25, -0.2) is 16.8 Å². The van der Waals surface area contributed by atoms with Gasteiger partial charge in [0.1, 0.15) is 25.3 Å². The highest BCUT2D eigenvalue weighted by Gasteiger charge is 2.31. The summed E-state index contributed by atoms with van der Waals surface area (Å²) in [5.74, 6) is 0. The van der Waals surface area contributed by atoms with Gasteiger partial charge >= 0.3 is 0 Å². The molecule has 288 valence electrons. The third kappa shape index (κ3) is 12.4. The number of carbonyl (C=O) groups excluding carboxylic acids is 3. The highest BCUT2D eigenvalue weighted by atomic mass is 32.2. The van der Waals surface area contributed by atoms with Crippen molar-refractivity contribution in [2.75, 3.05) is 0 Å². The normalized spacial score (nSPS) is 11.4. The number of allylic oxidation sites excluding steroid dienone is 1. The minimum absolute atomic E-state index is 0.0204. The molecule has 0 aliphatic carbocycles. The molecule has 10 nitrogen and oxygen atoms in total. The molecule has 0 amide bonds. The molecule has 14 heteroatoms. The van der Waals surface area contributed by atoms with Gasteiger partial charge in [-0.05, 0) is 103 Å². The van der Waals surface area contributed by atoms with E-state index in [1.165, 1.54) is 54.6 Å². The molecule has 1 N–H and O–H groups in total. The number of rotatable bonds is 7. The van der Waals surface area contributed by atoms with Crippen molar-refractivity contribution in [1.29, 1.82) is 0 Å². The van der Waals surface area contributed by atoms with Gasteiger partial charge in [-0.2, -0.15) is 8.42 Å². The van der Waals surface area contributed by atoms with Gasteiger partial charge in [0.25, 0.3) is 10.1 Å². The molecule has 0 aliphatic rings. The fraction of sp³-hybridized carbons (Fsp3) is 0.256. The van der Waals surface area contributed by atoms with E-state index in [1.807, 2.05) is 38.6 Å². The van der Waals surface area contributed by atoms with Crippen LogP contribution in [0.2, 0.25) is 0 Å². The predicted octanol–water partition coefficient (Wildman–Crippen LogP) is 8.29. The maximum atomic E-state index is 13.3. The lowest BCUT2D eigenvalue weighted by atomic mass is 9.86. The van der Waals surface area contributed by atoms with Crippen molar-refractivity contribution in [3.05, 3.63) is 103 Å². The molecule has 4 aromatic rings. The van der Waals surface area contributed by atoms with Crippen molar-refractivity contribution < 1.29 is 44.2 Å². The van der Waals surface area contributed by atoms with Gasteiger partial charge in [-0.15, -0.1) is 19.2 Å². The van der Waals surface area contributed by atoms with Crippen LogP contribution in [-0.4, -0.2) is 54.9 Å². The van der Waals surface area contributed by atoms with Crippen LogP contribution in [0.15, 0.2) is 122 Å². The summed E-state index contributed by atoms with van der Waals surface area (Å²) in [5, 5.41) is 0. The summed E-state index contributed by atoms with van der Waals surface area (Å²) in [6.45, 7) is 22.4. The van der Waals surface area contributed by atoms with Crippen molar-refractivity contribution in [1.82, 2.24) is 0 Å². The molecule has 0 radical (unpaired) electrons. The van der Waals surface area contributed by atoms with E-state index in [2.05, 4.69) is 46.9 Å². The van der Waals surface area contributed by atoms with Crippen LogP contribution < -0.4 is 0 Å². The SMILES string of the molecule is C=CCC.C=O.C=O.C=O.CC(C)(C)c1ccc(-c2ccc(-c3ccc(S(=O)(=O)c4ccc(S(=O)(=O)C(C)(C)C)cc4)cc3)cc2S(=O)(=O)O)c(S)c1. The Balaban J connectivity index is 0.00000245. The van der Waals surface area contributed by atoms with E-state index in [1.54, 1.807) is 39.0 Å². The number of sulfone groups is 2. The Labute approximate surface area is 320 Å². The van der Waals surface area contributed by atoms with Crippen LogP contribution in [0.5, 0.6) is 0 Å². The number of hydrogen-bond acceptors (Lipinski definition) is 10. The van der Waals surface area contributed by atoms with Gasteiger partial charge < -0.3 is 14.4 Å². The zero-order valence-corrected chi connectivity index (χ0v) is 34.3. The van der Waals surface area contributed by atoms with Crippen molar-refractivity contribution in [2.45, 2.75) is 89.5 Å². The first kappa shape index (κ1) is 48.8. The van der Waals surface area contributed by atoms with Crippen molar-refractivity contribution in [2.24, 2.45) is 0 Å². The summed E-state index contributed by atoms with van der Waals surface area (Å²) in [6, 6.07) is 21.1. The lowest BCUT2D eigenvalue weighted by Crippen LogP contribution is -2.27. The molecule has 0 aliphatic heterocycles. The lowest BCUT2D eigenvalue weighted by Gasteiger charge is -2.21. The van der Waals surface area contributed by atoms with Gasteiger partial charge in [-0.1, -0.05) is 70.2 Å². The van der Waals surface area contributed by atoms with Crippen LogP contribution in [0.25, 0.3) is 22.3 Å². The highest BCUT2D eigenvalue weighted by Crippen LogP contribution is 2.37. The lowest BCUT2D eigenvalue weighted by molar-refractivity contribution is -0.0987. The molecule has 0 saturated carbocycles. The van der Waals surface area contributed by atoms with Crippen LogP contribution in [0.1, 0.15) is 60.5 Å². The number of carbonyl (C=O) groups is 3. The number of thiol groups is 1. The Morgan fingerprint density at radius 2 is 1.02 bits per heavy atom. The third-order valence-corrected chi connectivity index (χ3v) is 13.0. The number of benzene rings is 4. The molecule has 53 heavy (non-hydrogen) atoms. The fourth-order valence-electron chi connectivity index (χ4n) is 4.48. The summed E-state index contributed by atoms with van der Waals surface area (Å²) >= 11 is 4.59. The largest absolute Gasteiger partial charge is 0.307 e. The fourth-order valence-corrected chi connectivity index (χ4v) is 8.01. The summed E-state index contributed by atoms with van der Waals surface area (Å²) in [5.41, 5.74) is 2.68. The molecular formula is C39H48O10S4. The zero-order valence-electron chi connectivity index (χ0n) is 31.0. The van der Waals surface area contributed by atoms with E-state index in [4.69, 9.17) is 14.4 Å². The average Bonchev–Trinajstić information content (AvgIpc) is 3.13. The predicted molar refractivity (Wildman–Crippen MR) is 214 cm³/mol. The molecule has 0 unspecified atom stereocenters. The van der Waals surface area contributed by atoms with Crippen molar-refractivity contribution in [3.8, 4) is 22.3 Å². The molecule has 4 aromatic carbocycles. The van der Waals surface area contributed by atoms with E-state index in [9.17, 15) is 29.8 Å². The standard InChI is InChI=1S/C32H34O7S4.C4H8.3CH2O/c1-31(2,3)23-10-18-27(29(40)20-23)28-17-9-22(19-30(28)43(37,38)39)21-7-11-24(12-8-21)41(33,34)25-13-15-26(16-14-25)42(35,36)32(4,5)6;1-3-4-2;3*1-2/h7-20,40H,1-6H3,(H,37,38,39);3H,1,4H2,2H3;3*1H2. The second-order valence-electron chi connectivity index (χ2n) is 13.0. The second-order valence-corrected chi connectivity index (χ2v) is 19.5. The molecule has 4 rings (SSSR count). The molecule has 0 atom stereocenters. The molecule has 0 aromatic heterocycles. The first-order valence-electron chi connectivity index (χ1n) is 15.7. The summed E-state index contributed by atoms with van der Waals surface area (Å²) < 4.78 is 85.9. The van der Waals surface area contributed by atoms with Gasteiger partial charge in [0.2, 0.25) is 9.84 Å². The van der Waals surface area contributed by atoms with Gasteiger partial charge in [-0.3, -0.25) is 4.55 Å². The van der Waals surface area contributed by atoms with E-state index in [-0.39, 0.29) is 30.6 Å². The summed E-state index contributed by atoms with van der Waals surface area (Å²) in [4.78, 5) is 24.2. The van der Waals surface area contributed by atoms with Crippen LogP contribution >= 0.6 is 12.6 Å². The highest BCUT2D eigenvalue weighted by molar-refractivity contribution is 7.93. The van der Waals surface area contributed by atoms with Crippen molar-refractivity contribution >= 4 is 62.8 Å². The molecule has 0 bridgehead atoms. The first-order valence-corrected chi connectivity index (χ1v) is 20.5. The van der Waals surface area contributed by atoms with Crippen LogP contribution in [0.3, 0.4) is 0 Å². The Bertz CT molecular complexity index is 2140. The topological polar surface area (TPSA) is 174 Å². The van der Waals surface area contributed by atoms with E-state index in [0.29, 0.717) is 21.6 Å². The van der Waals surface area contributed by atoms with Crippen LogP contribution in [0, 0.1) is 0 Å². The van der Waals surface area contributed by atoms with Crippen LogP contribution in [-0.2, 0) is 49.6 Å². The summed E-state index contributed by atoms with van der Waals surface area (Å²) in [7, 11) is -12.2. The van der Waals surface area contributed by atoms with E-state index < -0.39 is 34.5 Å². The molecule has 0 fully saturated rings. The Kier molecular flexibility index (Phi) is 18.7. The number of hydrogen-bond donors (Lipinski definition) is 2. The minimum atomic E-state index is -4.63. The van der Waals surface area contributed by atoms with Gasteiger partial charge in [0.05, 0.1) is 19.4 Å². The quantitative estimate of drug-likeness (QED) is 0.105. The van der Waals surface area contributed by atoms with E-state index >= 15 is 0 Å². The third-order valence-electron chi connectivity index (χ3n) is 7.45. The Hall–Kier alpha value is -4.21. The molecule has 0 saturated heterocycles. The summed E-state index contributed by atoms with van der Waals surface area (Å²) in [6.07, 6.45) is 2.96. The van der Waals surface area contributed by atoms with Crippen molar-refractivity contribution in [3.63, 3.8) is 0 Å². The second kappa shape index (κ2) is 20.3. The van der Waals surface area contributed by atoms with Gasteiger partial charge in [0, 0.05) is 10.5 Å². The van der Waals surface area contributed by atoms with Gasteiger partial charge in [0.15, 0.2) is 9.84 Å². The zero-order chi connectivity index (χ0) is 41.6. The molecule has 0 heterocycles. The Morgan fingerprint density at radius 3 is 1.40 bits per heavy atom. The molecular weight excluding hydrogens is 757 g/mol. The smallest absolute Gasteiger partial charge is 0.295 e. The molecule has 0 spiro atoms. The first-order chi connectivity index (χ1) is 24.6. The minimum Gasteiger partial charge on any atom is -0.307 e.